The highest BCUT2D eigenvalue weighted by Gasteiger charge is 2.28. The molecule has 1 saturated heterocycles. The minimum atomic E-state index is -0.174. The maximum Gasteiger partial charge on any atom is 0.322 e. The number of aromatic nitrogens is 2. The van der Waals surface area contributed by atoms with Crippen LogP contribution in [-0.4, -0.2) is 33.5 Å². The first-order valence-electron chi connectivity index (χ1n) is 7.93. The first-order chi connectivity index (χ1) is 11.6. The van der Waals surface area contributed by atoms with Gasteiger partial charge in [0.2, 0.25) is 0 Å². The number of carbonyl (C=O) groups is 2. The highest BCUT2D eigenvalue weighted by molar-refractivity contribution is 6.34. The van der Waals surface area contributed by atoms with Crippen molar-refractivity contribution in [3.05, 3.63) is 46.7 Å². The van der Waals surface area contributed by atoms with E-state index in [0.29, 0.717) is 22.8 Å². The van der Waals surface area contributed by atoms with Crippen LogP contribution in [0.1, 0.15) is 48.1 Å². The van der Waals surface area contributed by atoms with E-state index in [2.05, 4.69) is 15.5 Å². The van der Waals surface area contributed by atoms with Crippen molar-refractivity contribution in [2.45, 2.75) is 32.2 Å². The Kier molecular flexibility index (Phi) is 4.85. The number of nitrogens with one attached hydrogen (secondary N) is 2. The monoisotopic (exact) mass is 346 g/mol. The summed E-state index contributed by atoms with van der Waals surface area (Å²) in [4.78, 5) is 25.9. The molecule has 0 radical (unpaired) electrons. The summed E-state index contributed by atoms with van der Waals surface area (Å²) in [6, 6.07) is 4.77. The molecule has 0 bridgehead atoms. The Morgan fingerprint density at radius 3 is 2.88 bits per heavy atom. The number of urea groups is 1. The van der Waals surface area contributed by atoms with Crippen molar-refractivity contribution in [3.63, 3.8) is 0 Å². The maximum atomic E-state index is 12.7. The van der Waals surface area contributed by atoms with Crippen molar-refractivity contribution in [1.82, 2.24) is 15.1 Å². The van der Waals surface area contributed by atoms with Gasteiger partial charge in [0, 0.05) is 29.6 Å². The Morgan fingerprint density at radius 2 is 2.21 bits per heavy atom. The van der Waals surface area contributed by atoms with Gasteiger partial charge >= 0.3 is 6.03 Å². The van der Waals surface area contributed by atoms with Crippen molar-refractivity contribution in [3.8, 4) is 0 Å². The molecule has 7 heteroatoms. The lowest BCUT2D eigenvalue weighted by Gasteiger charge is -2.35. The Bertz CT molecular complexity index is 745. The number of ketones is 1. The number of rotatable bonds is 3. The zero-order valence-electron chi connectivity index (χ0n) is 13.4. The zero-order chi connectivity index (χ0) is 17.1. The van der Waals surface area contributed by atoms with E-state index < -0.39 is 0 Å². The fourth-order valence-corrected chi connectivity index (χ4v) is 3.35. The molecule has 1 aliphatic heterocycles. The van der Waals surface area contributed by atoms with Gasteiger partial charge in [-0.2, -0.15) is 5.10 Å². The number of carbonyl (C=O) groups excluding carboxylic acids is 2. The van der Waals surface area contributed by atoms with Gasteiger partial charge in [0.1, 0.15) is 0 Å². The molecule has 1 fully saturated rings. The molecule has 2 N–H and O–H groups in total. The number of halogens is 1. The summed E-state index contributed by atoms with van der Waals surface area (Å²) >= 11 is 6.11. The number of hydrogen-bond donors (Lipinski definition) is 2. The number of Topliss-reactive ketones (excluding diaryl/α,β-unsaturated/α-hetero) is 1. The molecule has 3 rings (SSSR count). The molecule has 6 nitrogen and oxygen atoms in total. The van der Waals surface area contributed by atoms with Gasteiger partial charge in [-0.1, -0.05) is 11.6 Å². The number of nitrogens with zero attached hydrogens (tertiary/aromatic N) is 2. The molecule has 1 aliphatic rings. The summed E-state index contributed by atoms with van der Waals surface area (Å²) in [7, 11) is 0. The summed E-state index contributed by atoms with van der Waals surface area (Å²) in [6.45, 7) is 2.16. The van der Waals surface area contributed by atoms with Crippen LogP contribution in [0.25, 0.3) is 0 Å². The summed E-state index contributed by atoms with van der Waals surface area (Å²) in [6.07, 6.45) is 6.56. The third kappa shape index (κ3) is 3.43. The summed E-state index contributed by atoms with van der Waals surface area (Å²) in [5, 5.41) is 9.99. The first-order valence-corrected chi connectivity index (χ1v) is 8.31. The van der Waals surface area contributed by atoms with Crippen LogP contribution in [0.4, 0.5) is 10.5 Å². The predicted octanol–water partition coefficient (Wildman–Crippen LogP) is 4.02. The predicted molar refractivity (Wildman–Crippen MR) is 92.4 cm³/mol. The number of likely N-dealkylation sites (tertiary alicyclic amines) is 1. The Labute approximate surface area is 145 Å². The van der Waals surface area contributed by atoms with Crippen LogP contribution in [0.15, 0.2) is 30.6 Å². The van der Waals surface area contributed by atoms with Crippen molar-refractivity contribution in [1.29, 1.82) is 0 Å². The third-order valence-corrected chi connectivity index (χ3v) is 4.58. The number of hydrogen-bond acceptors (Lipinski definition) is 3. The van der Waals surface area contributed by atoms with Gasteiger partial charge in [0.05, 0.1) is 17.3 Å². The first kappa shape index (κ1) is 16.5. The molecular formula is C17H19ClN4O2. The van der Waals surface area contributed by atoms with E-state index in [1.54, 1.807) is 24.4 Å². The molecule has 0 aliphatic carbocycles. The number of anilines is 1. The molecular weight excluding hydrogens is 328 g/mol. The van der Waals surface area contributed by atoms with Crippen LogP contribution in [0.2, 0.25) is 5.02 Å². The average Bonchev–Trinajstić information content (AvgIpc) is 3.09. The van der Waals surface area contributed by atoms with Gasteiger partial charge in [-0.05, 0) is 44.4 Å². The van der Waals surface area contributed by atoms with E-state index in [4.69, 9.17) is 11.6 Å². The third-order valence-electron chi connectivity index (χ3n) is 4.27. The molecule has 2 amide bonds. The number of piperidine rings is 1. The smallest absolute Gasteiger partial charge is 0.317 e. The average molecular weight is 347 g/mol. The van der Waals surface area contributed by atoms with Crippen LogP contribution < -0.4 is 5.32 Å². The fraction of sp³-hybridized carbons (Fsp3) is 0.353. The number of benzene rings is 1. The van der Waals surface area contributed by atoms with E-state index in [-0.39, 0.29) is 17.9 Å². The maximum absolute atomic E-state index is 12.7. The molecule has 1 atom stereocenters. The molecule has 1 aromatic heterocycles. The lowest BCUT2D eigenvalue weighted by molar-refractivity contribution is 0.101. The standard InChI is InChI=1S/C17H19ClN4O2/c1-11(23)14-6-5-13(8-15(14)18)21-17(24)22-7-3-2-4-16(22)12-9-19-20-10-12/h5-6,8-10,16H,2-4,7H2,1H3,(H,19,20)(H,21,24)/t16-/m0/s1. The normalized spacial score (nSPS) is 17.6. The molecule has 126 valence electrons. The summed E-state index contributed by atoms with van der Waals surface area (Å²) in [5.41, 5.74) is 2.03. The molecule has 2 heterocycles. The van der Waals surface area contributed by atoms with Gasteiger partial charge in [-0.3, -0.25) is 9.89 Å². The second kappa shape index (κ2) is 7.05. The summed E-state index contributed by atoms with van der Waals surface area (Å²) in [5.74, 6) is -0.103. The lowest BCUT2D eigenvalue weighted by Crippen LogP contribution is -2.41. The van der Waals surface area contributed by atoms with Crippen molar-refractivity contribution in [2.75, 3.05) is 11.9 Å². The SMILES string of the molecule is CC(=O)c1ccc(NC(=O)N2CCCC[C@H]2c2cn[nH]c2)cc1Cl. The number of aromatic amines is 1. The van der Waals surface area contributed by atoms with Crippen LogP contribution in [0.5, 0.6) is 0 Å². The van der Waals surface area contributed by atoms with Crippen molar-refractivity contribution in [2.24, 2.45) is 0 Å². The van der Waals surface area contributed by atoms with Crippen LogP contribution >= 0.6 is 11.6 Å². The Hall–Kier alpha value is -2.34. The minimum Gasteiger partial charge on any atom is -0.317 e. The number of amides is 2. The van der Waals surface area contributed by atoms with Crippen molar-refractivity contribution < 1.29 is 9.59 Å². The highest BCUT2D eigenvalue weighted by atomic mass is 35.5. The largest absolute Gasteiger partial charge is 0.322 e. The van der Waals surface area contributed by atoms with E-state index in [1.165, 1.54) is 6.92 Å². The Morgan fingerprint density at radius 1 is 1.38 bits per heavy atom. The van der Waals surface area contributed by atoms with E-state index >= 15 is 0 Å². The van der Waals surface area contributed by atoms with E-state index in [0.717, 1.165) is 24.8 Å². The summed E-state index contributed by atoms with van der Waals surface area (Å²) < 4.78 is 0. The Balaban J connectivity index is 1.76. The molecule has 24 heavy (non-hydrogen) atoms. The van der Waals surface area contributed by atoms with E-state index in [9.17, 15) is 9.59 Å². The molecule has 0 unspecified atom stereocenters. The quantitative estimate of drug-likeness (QED) is 0.824. The second-order valence-electron chi connectivity index (χ2n) is 5.92. The van der Waals surface area contributed by atoms with Gasteiger partial charge in [0.25, 0.3) is 0 Å². The molecule has 1 aromatic carbocycles. The van der Waals surface area contributed by atoms with Crippen molar-refractivity contribution >= 4 is 29.1 Å². The lowest BCUT2D eigenvalue weighted by atomic mass is 9.98. The fourth-order valence-electron chi connectivity index (χ4n) is 3.04. The molecule has 0 saturated carbocycles. The molecule has 0 spiro atoms. The van der Waals surface area contributed by atoms with Gasteiger partial charge in [0.15, 0.2) is 5.78 Å². The van der Waals surface area contributed by atoms with Gasteiger partial charge < -0.3 is 10.2 Å². The van der Waals surface area contributed by atoms with Crippen LogP contribution in [0.3, 0.4) is 0 Å². The zero-order valence-corrected chi connectivity index (χ0v) is 14.1. The highest BCUT2D eigenvalue weighted by Crippen LogP contribution is 2.31. The van der Waals surface area contributed by atoms with Gasteiger partial charge in [-0.15, -0.1) is 0 Å². The topological polar surface area (TPSA) is 78.1 Å². The van der Waals surface area contributed by atoms with Crippen LogP contribution in [0, 0.1) is 0 Å². The number of H-pyrrole nitrogens is 1. The van der Waals surface area contributed by atoms with Crippen LogP contribution in [-0.2, 0) is 0 Å². The molecule has 2 aromatic rings. The van der Waals surface area contributed by atoms with E-state index in [1.807, 2.05) is 11.1 Å². The minimum absolute atomic E-state index is 0.0180. The van der Waals surface area contributed by atoms with Gasteiger partial charge in [-0.25, -0.2) is 4.79 Å². The second-order valence-corrected chi connectivity index (χ2v) is 6.32.